The van der Waals surface area contributed by atoms with Crippen LogP contribution in [0.3, 0.4) is 0 Å². The van der Waals surface area contributed by atoms with Crippen LogP contribution in [0.15, 0.2) is 12.1 Å². The van der Waals surface area contributed by atoms with Crippen LogP contribution in [-0.2, 0) is 4.74 Å². The van der Waals surface area contributed by atoms with Crippen molar-refractivity contribution in [2.24, 2.45) is 0 Å². The summed E-state index contributed by atoms with van der Waals surface area (Å²) in [6.45, 7) is 9.04. The van der Waals surface area contributed by atoms with Crippen molar-refractivity contribution in [3.63, 3.8) is 0 Å². The second-order valence-corrected chi connectivity index (χ2v) is 3.81. The van der Waals surface area contributed by atoms with Gasteiger partial charge in [-0.3, -0.25) is 0 Å². The molecule has 0 saturated carbocycles. The topological polar surface area (TPSA) is 54.0 Å². The van der Waals surface area contributed by atoms with Crippen LogP contribution in [0.2, 0.25) is 0 Å². The Labute approximate surface area is 119 Å². The van der Waals surface area contributed by atoms with E-state index in [9.17, 15) is 4.79 Å². The van der Waals surface area contributed by atoms with Crippen LogP contribution in [0.5, 0.6) is 17.2 Å². The van der Waals surface area contributed by atoms with Crippen LogP contribution in [0.4, 0.5) is 0 Å². The highest BCUT2D eigenvalue weighted by Gasteiger charge is 2.22. The molecule has 0 spiro atoms. The second-order valence-electron chi connectivity index (χ2n) is 3.81. The van der Waals surface area contributed by atoms with Gasteiger partial charge in [-0.1, -0.05) is 0 Å². The fourth-order valence-electron chi connectivity index (χ4n) is 1.76. The SMILES string of the molecule is CCOC(=O)c1c(OCC)cc(OCC)cc1OCC. The van der Waals surface area contributed by atoms with E-state index in [1.165, 1.54) is 0 Å². The van der Waals surface area contributed by atoms with Gasteiger partial charge in [-0.05, 0) is 27.7 Å². The van der Waals surface area contributed by atoms with Crippen molar-refractivity contribution >= 4 is 5.97 Å². The Kier molecular flexibility index (Phi) is 6.70. The first-order chi connectivity index (χ1) is 9.67. The molecule has 0 N–H and O–H groups in total. The molecule has 0 radical (unpaired) electrons. The van der Waals surface area contributed by atoms with Gasteiger partial charge in [0.1, 0.15) is 22.8 Å². The Morgan fingerprint density at radius 2 is 1.35 bits per heavy atom. The van der Waals surface area contributed by atoms with Crippen molar-refractivity contribution in [1.82, 2.24) is 0 Å². The lowest BCUT2D eigenvalue weighted by atomic mass is 10.1. The molecule has 0 heterocycles. The summed E-state index contributed by atoms with van der Waals surface area (Å²) in [4.78, 5) is 12.1. The van der Waals surface area contributed by atoms with Crippen molar-refractivity contribution < 1.29 is 23.7 Å². The average molecular weight is 282 g/mol. The highest BCUT2D eigenvalue weighted by atomic mass is 16.5. The van der Waals surface area contributed by atoms with E-state index >= 15 is 0 Å². The maximum Gasteiger partial charge on any atom is 0.345 e. The summed E-state index contributed by atoms with van der Waals surface area (Å²) in [6, 6.07) is 3.36. The standard InChI is InChI=1S/C15H22O5/c1-5-17-11-9-12(18-6-2)14(15(16)20-8-4)13(10-11)19-7-3/h9-10H,5-8H2,1-4H3. The number of benzene rings is 1. The first-order valence-corrected chi connectivity index (χ1v) is 6.91. The van der Waals surface area contributed by atoms with E-state index in [0.717, 1.165) is 0 Å². The summed E-state index contributed by atoms with van der Waals surface area (Å²) in [5.74, 6) is 0.982. The van der Waals surface area contributed by atoms with Gasteiger partial charge in [0.05, 0.1) is 26.4 Å². The number of hydrogen-bond donors (Lipinski definition) is 0. The Balaban J connectivity index is 3.29. The summed E-state index contributed by atoms with van der Waals surface area (Å²) < 4.78 is 21.6. The monoisotopic (exact) mass is 282 g/mol. The minimum atomic E-state index is -0.456. The molecule has 112 valence electrons. The van der Waals surface area contributed by atoms with Crippen LogP contribution >= 0.6 is 0 Å². The Hall–Kier alpha value is -1.91. The normalized spacial score (nSPS) is 10.0. The molecule has 0 bridgehead atoms. The Morgan fingerprint density at radius 1 is 0.850 bits per heavy atom. The quantitative estimate of drug-likeness (QED) is 0.686. The van der Waals surface area contributed by atoms with Crippen LogP contribution in [0.1, 0.15) is 38.1 Å². The summed E-state index contributed by atoms with van der Waals surface area (Å²) in [5, 5.41) is 0. The molecule has 0 amide bonds. The highest BCUT2D eigenvalue weighted by molar-refractivity contribution is 5.96. The van der Waals surface area contributed by atoms with Gasteiger partial charge in [0, 0.05) is 12.1 Å². The molecule has 0 aromatic heterocycles. The minimum absolute atomic E-state index is 0.295. The van der Waals surface area contributed by atoms with Gasteiger partial charge in [-0.2, -0.15) is 0 Å². The fraction of sp³-hybridized carbons (Fsp3) is 0.533. The first-order valence-electron chi connectivity index (χ1n) is 6.91. The predicted octanol–water partition coefficient (Wildman–Crippen LogP) is 3.06. The molecule has 0 atom stereocenters. The zero-order valence-electron chi connectivity index (χ0n) is 12.5. The molecule has 5 nitrogen and oxygen atoms in total. The van der Waals surface area contributed by atoms with Crippen molar-refractivity contribution in [2.75, 3.05) is 26.4 Å². The molecule has 20 heavy (non-hydrogen) atoms. The van der Waals surface area contributed by atoms with Gasteiger partial charge in [-0.25, -0.2) is 4.79 Å². The predicted molar refractivity (Wildman–Crippen MR) is 75.9 cm³/mol. The van der Waals surface area contributed by atoms with Crippen LogP contribution in [0, 0.1) is 0 Å². The van der Waals surface area contributed by atoms with Crippen molar-refractivity contribution in [3.05, 3.63) is 17.7 Å². The molecule has 0 saturated heterocycles. The third-order valence-corrected chi connectivity index (χ3v) is 2.43. The number of hydrogen-bond acceptors (Lipinski definition) is 5. The molecule has 0 aliphatic rings. The van der Waals surface area contributed by atoms with Gasteiger partial charge in [0.25, 0.3) is 0 Å². The number of rotatable bonds is 8. The lowest BCUT2D eigenvalue weighted by molar-refractivity contribution is 0.0517. The molecule has 5 heteroatoms. The van der Waals surface area contributed by atoms with Crippen LogP contribution < -0.4 is 14.2 Å². The lowest BCUT2D eigenvalue weighted by Crippen LogP contribution is -2.11. The maximum absolute atomic E-state index is 12.1. The molecular formula is C15H22O5. The third-order valence-electron chi connectivity index (χ3n) is 2.43. The molecule has 1 aromatic carbocycles. The minimum Gasteiger partial charge on any atom is -0.494 e. The number of esters is 1. The van der Waals surface area contributed by atoms with E-state index < -0.39 is 5.97 Å². The number of carbonyl (C=O) groups excluding carboxylic acids is 1. The zero-order valence-corrected chi connectivity index (χ0v) is 12.5. The van der Waals surface area contributed by atoms with Gasteiger partial charge in [0.15, 0.2) is 0 Å². The van der Waals surface area contributed by atoms with Gasteiger partial charge >= 0.3 is 5.97 Å². The number of ether oxygens (including phenoxy) is 4. The van der Waals surface area contributed by atoms with E-state index in [4.69, 9.17) is 18.9 Å². The fourth-order valence-corrected chi connectivity index (χ4v) is 1.76. The highest BCUT2D eigenvalue weighted by Crippen LogP contribution is 2.35. The van der Waals surface area contributed by atoms with Gasteiger partial charge in [-0.15, -0.1) is 0 Å². The summed E-state index contributed by atoms with van der Waals surface area (Å²) in [6.07, 6.45) is 0. The lowest BCUT2D eigenvalue weighted by Gasteiger charge is -2.16. The zero-order chi connectivity index (χ0) is 15.0. The van der Waals surface area contributed by atoms with Crippen molar-refractivity contribution in [2.45, 2.75) is 27.7 Å². The molecule has 0 aliphatic heterocycles. The molecule has 0 aliphatic carbocycles. The Bertz CT molecular complexity index is 415. The van der Waals surface area contributed by atoms with Crippen molar-refractivity contribution in [1.29, 1.82) is 0 Å². The summed E-state index contributed by atoms with van der Waals surface area (Å²) in [5.41, 5.74) is 0.305. The van der Waals surface area contributed by atoms with E-state index in [1.54, 1.807) is 19.1 Å². The first kappa shape index (κ1) is 16.1. The second kappa shape index (κ2) is 8.30. The van der Waals surface area contributed by atoms with Crippen LogP contribution in [-0.4, -0.2) is 32.4 Å². The maximum atomic E-state index is 12.1. The third kappa shape index (κ3) is 4.05. The molecular weight excluding hydrogens is 260 g/mol. The molecule has 1 aromatic rings. The van der Waals surface area contributed by atoms with Crippen molar-refractivity contribution in [3.8, 4) is 17.2 Å². The molecule has 0 fully saturated rings. The van der Waals surface area contributed by atoms with Gasteiger partial charge in [0.2, 0.25) is 0 Å². The largest absolute Gasteiger partial charge is 0.494 e. The number of carbonyl (C=O) groups is 1. The smallest absolute Gasteiger partial charge is 0.345 e. The summed E-state index contributed by atoms with van der Waals surface area (Å²) >= 11 is 0. The Morgan fingerprint density at radius 3 is 1.75 bits per heavy atom. The average Bonchev–Trinajstić information content (AvgIpc) is 2.40. The van der Waals surface area contributed by atoms with E-state index in [1.807, 2.05) is 20.8 Å². The van der Waals surface area contributed by atoms with E-state index in [2.05, 4.69) is 0 Å². The van der Waals surface area contributed by atoms with E-state index in [-0.39, 0.29) is 0 Å². The molecule has 0 unspecified atom stereocenters. The molecule has 1 rings (SSSR count). The van der Waals surface area contributed by atoms with Gasteiger partial charge < -0.3 is 18.9 Å². The van der Waals surface area contributed by atoms with Crippen LogP contribution in [0.25, 0.3) is 0 Å². The summed E-state index contributed by atoms with van der Waals surface area (Å²) in [7, 11) is 0. The van der Waals surface area contributed by atoms with E-state index in [0.29, 0.717) is 49.2 Å².